The van der Waals surface area contributed by atoms with Gasteiger partial charge in [0, 0.05) is 39.4 Å². The zero-order chi connectivity index (χ0) is 17.8. The minimum Gasteiger partial charge on any atom is -0.444 e. The van der Waals surface area contributed by atoms with Gasteiger partial charge in [0.15, 0.2) is 5.96 Å². The van der Waals surface area contributed by atoms with Gasteiger partial charge < -0.3 is 25.4 Å². The lowest BCUT2D eigenvalue weighted by molar-refractivity contribution is 0.0529. The largest absolute Gasteiger partial charge is 0.444 e. The van der Waals surface area contributed by atoms with E-state index in [0.717, 1.165) is 44.6 Å². The summed E-state index contributed by atoms with van der Waals surface area (Å²) in [5.74, 6) is 1.57. The van der Waals surface area contributed by atoms with Crippen LogP contribution in [0.5, 0.6) is 0 Å². The summed E-state index contributed by atoms with van der Waals surface area (Å²) >= 11 is 0. The molecule has 0 unspecified atom stereocenters. The SMILES string of the molecule is CCNC(=NCCCOCC1CC1)NCCNC(=O)OC(C)(C)C.I. The first kappa shape index (κ1) is 24.2. The highest BCUT2D eigenvalue weighted by molar-refractivity contribution is 14.0. The summed E-state index contributed by atoms with van der Waals surface area (Å²) in [4.78, 5) is 16.0. The Morgan fingerprint density at radius 2 is 1.84 bits per heavy atom. The third-order valence-corrected chi connectivity index (χ3v) is 3.20. The van der Waals surface area contributed by atoms with Crippen molar-refractivity contribution < 1.29 is 14.3 Å². The predicted octanol–water partition coefficient (Wildman–Crippen LogP) is 2.50. The summed E-state index contributed by atoms with van der Waals surface area (Å²) in [6, 6.07) is 0. The fourth-order valence-corrected chi connectivity index (χ4v) is 1.89. The first-order chi connectivity index (χ1) is 11.4. The van der Waals surface area contributed by atoms with Crippen LogP contribution in [0.25, 0.3) is 0 Å². The highest BCUT2D eigenvalue weighted by Gasteiger charge is 2.20. The van der Waals surface area contributed by atoms with E-state index in [2.05, 4.69) is 20.9 Å². The Labute approximate surface area is 169 Å². The zero-order valence-corrected chi connectivity index (χ0v) is 18.4. The molecule has 1 amide bonds. The Hall–Kier alpha value is -0.770. The van der Waals surface area contributed by atoms with E-state index < -0.39 is 11.7 Å². The van der Waals surface area contributed by atoms with Crippen LogP contribution < -0.4 is 16.0 Å². The van der Waals surface area contributed by atoms with Gasteiger partial charge in [-0.1, -0.05) is 0 Å². The van der Waals surface area contributed by atoms with E-state index in [1.807, 2.05) is 27.7 Å². The molecule has 0 aromatic carbocycles. The molecule has 0 aromatic rings. The second-order valence-electron chi connectivity index (χ2n) is 6.99. The molecule has 0 saturated heterocycles. The number of ether oxygens (including phenoxy) is 2. The van der Waals surface area contributed by atoms with E-state index in [1.165, 1.54) is 12.8 Å². The number of carbonyl (C=O) groups excluding carboxylic acids is 1. The molecule has 25 heavy (non-hydrogen) atoms. The average molecular weight is 470 g/mol. The monoisotopic (exact) mass is 470 g/mol. The number of rotatable bonds is 10. The number of nitrogens with one attached hydrogen (secondary N) is 3. The lowest BCUT2D eigenvalue weighted by Gasteiger charge is -2.19. The van der Waals surface area contributed by atoms with Gasteiger partial charge in [-0.25, -0.2) is 4.79 Å². The number of halogens is 1. The van der Waals surface area contributed by atoms with Crippen molar-refractivity contribution in [1.82, 2.24) is 16.0 Å². The molecule has 1 saturated carbocycles. The molecule has 0 heterocycles. The van der Waals surface area contributed by atoms with Crippen molar-refractivity contribution in [2.75, 3.05) is 39.4 Å². The summed E-state index contributed by atoms with van der Waals surface area (Å²) in [6.07, 6.45) is 3.16. The summed E-state index contributed by atoms with van der Waals surface area (Å²) < 4.78 is 10.8. The molecule has 148 valence electrons. The number of hydrogen-bond donors (Lipinski definition) is 3. The molecule has 0 spiro atoms. The molecule has 7 nitrogen and oxygen atoms in total. The van der Waals surface area contributed by atoms with Crippen LogP contribution in [0.1, 0.15) is 47.0 Å². The van der Waals surface area contributed by atoms with Crippen molar-refractivity contribution >= 4 is 36.0 Å². The van der Waals surface area contributed by atoms with Gasteiger partial charge in [-0.05, 0) is 52.9 Å². The predicted molar refractivity (Wildman–Crippen MR) is 112 cm³/mol. The number of aliphatic imine (C=N–C) groups is 1. The molecular weight excluding hydrogens is 435 g/mol. The molecule has 0 bridgehead atoms. The van der Waals surface area contributed by atoms with Crippen LogP contribution in [-0.4, -0.2) is 57.0 Å². The number of nitrogens with zero attached hydrogens (tertiary/aromatic N) is 1. The summed E-state index contributed by atoms with van der Waals surface area (Å²) in [5, 5.41) is 9.08. The van der Waals surface area contributed by atoms with E-state index in [1.54, 1.807) is 0 Å². The Balaban J connectivity index is 0.00000576. The molecule has 0 atom stereocenters. The van der Waals surface area contributed by atoms with E-state index in [-0.39, 0.29) is 24.0 Å². The Bertz CT molecular complexity index is 396. The van der Waals surface area contributed by atoms with Gasteiger partial charge >= 0.3 is 6.09 Å². The van der Waals surface area contributed by atoms with Crippen LogP contribution >= 0.6 is 24.0 Å². The van der Waals surface area contributed by atoms with Crippen molar-refractivity contribution in [2.45, 2.75) is 52.6 Å². The fourth-order valence-electron chi connectivity index (χ4n) is 1.89. The molecule has 1 rings (SSSR count). The van der Waals surface area contributed by atoms with Gasteiger partial charge in [0.05, 0.1) is 0 Å². The third kappa shape index (κ3) is 15.2. The van der Waals surface area contributed by atoms with Crippen LogP contribution in [0, 0.1) is 5.92 Å². The number of amides is 1. The maximum absolute atomic E-state index is 11.5. The number of alkyl carbamates (subject to hydrolysis) is 1. The van der Waals surface area contributed by atoms with Crippen molar-refractivity contribution in [3.8, 4) is 0 Å². The Kier molecular flexibility index (Phi) is 13.0. The first-order valence-corrected chi connectivity index (χ1v) is 8.97. The van der Waals surface area contributed by atoms with Gasteiger partial charge in [0.25, 0.3) is 0 Å². The minimum atomic E-state index is -0.477. The number of hydrogen-bond acceptors (Lipinski definition) is 4. The highest BCUT2D eigenvalue weighted by Crippen LogP contribution is 2.28. The summed E-state index contributed by atoms with van der Waals surface area (Å²) in [5.41, 5.74) is -0.477. The van der Waals surface area contributed by atoms with Gasteiger partial charge in [-0.3, -0.25) is 4.99 Å². The lowest BCUT2D eigenvalue weighted by atomic mass is 10.2. The quantitative estimate of drug-likeness (QED) is 0.198. The zero-order valence-electron chi connectivity index (χ0n) is 16.0. The fraction of sp³-hybridized carbons (Fsp3) is 0.882. The maximum Gasteiger partial charge on any atom is 0.407 e. The summed E-state index contributed by atoms with van der Waals surface area (Å²) in [6.45, 7) is 11.8. The van der Waals surface area contributed by atoms with E-state index in [0.29, 0.717) is 13.1 Å². The van der Waals surface area contributed by atoms with Crippen LogP contribution in [0.3, 0.4) is 0 Å². The lowest BCUT2D eigenvalue weighted by Crippen LogP contribution is -2.42. The molecule has 1 aliphatic rings. The average Bonchev–Trinajstić information content (AvgIpc) is 3.29. The molecule has 8 heteroatoms. The van der Waals surface area contributed by atoms with Crippen LogP contribution in [-0.2, 0) is 9.47 Å². The standard InChI is InChI=1S/C17H34N4O3.HI/c1-5-18-15(19-9-6-12-23-13-14-7-8-14)20-10-11-21-16(22)24-17(2,3)4;/h14H,5-13H2,1-4H3,(H,21,22)(H2,18,19,20);1H. The Morgan fingerprint density at radius 1 is 1.16 bits per heavy atom. The van der Waals surface area contributed by atoms with Crippen molar-refractivity contribution in [2.24, 2.45) is 10.9 Å². The number of carbonyl (C=O) groups is 1. The van der Waals surface area contributed by atoms with Gasteiger partial charge in [0.1, 0.15) is 5.60 Å². The smallest absolute Gasteiger partial charge is 0.407 e. The van der Waals surface area contributed by atoms with E-state index >= 15 is 0 Å². The van der Waals surface area contributed by atoms with Crippen molar-refractivity contribution in [1.29, 1.82) is 0 Å². The molecule has 1 aliphatic carbocycles. The van der Waals surface area contributed by atoms with Crippen molar-refractivity contribution in [3.63, 3.8) is 0 Å². The topological polar surface area (TPSA) is 84.0 Å². The molecule has 0 aliphatic heterocycles. The minimum absolute atomic E-state index is 0. The second kappa shape index (κ2) is 13.4. The molecule has 1 fully saturated rings. The van der Waals surface area contributed by atoms with Crippen molar-refractivity contribution in [3.05, 3.63) is 0 Å². The Morgan fingerprint density at radius 3 is 2.44 bits per heavy atom. The van der Waals surface area contributed by atoms with Gasteiger partial charge in [-0.2, -0.15) is 0 Å². The van der Waals surface area contributed by atoms with Crippen LogP contribution in [0.2, 0.25) is 0 Å². The number of guanidine groups is 1. The highest BCUT2D eigenvalue weighted by atomic mass is 127. The van der Waals surface area contributed by atoms with E-state index in [9.17, 15) is 4.79 Å². The first-order valence-electron chi connectivity index (χ1n) is 8.97. The maximum atomic E-state index is 11.5. The van der Waals surface area contributed by atoms with Crippen LogP contribution in [0.15, 0.2) is 4.99 Å². The molecule has 3 N–H and O–H groups in total. The van der Waals surface area contributed by atoms with Crippen LogP contribution in [0.4, 0.5) is 4.79 Å². The normalized spacial score (nSPS) is 14.5. The summed E-state index contributed by atoms with van der Waals surface area (Å²) in [7, 11) is 0. The van der Waals surface area contributed by atoms with Gasteiger partial charge in [-0.15, -0.1) is 24.0 Å². The molecular formula is C17H35IN4O3. The second-order valence-corrected chi connectivity index (χ2v) is 6.99. The van der Waals surface area contributed by atoms with Gasteiger partial charge in [0.2, 0.25) is 0 Å². The third-order valence-electron chi connectivity index (χ3n) is 3.20. The molecule has 0 aromatic heterocycles. The molecule has 0 radical (unpaired) electrons. The van der Waals surface area contributed by atoms with E-state index in [4.69, 9.17) is 9.47 Å².